The molecule has 0 aromatic heterocycles. The molecule has 1 aliphatic heterocycles. The van der Waals surface area contributed by atoms with E-state index in [2.05, 4.69) is 29.6 Å². The van der Waals surface area contributed by atoms with Crippen LogP contribution in [0.1, 0.15) is 68.4 Å². The second-order valence-electron chi connectivity index (χ2n) is 10.1. The smallest absolute Gasteiger partial charge is 0.407 e. The molecule has 3 aliphatic rings. The highest BCUT2D eigenvalue weighted by molar-refractivity contribution is 5.85. The molecule has 7 nitrogen and oxygen atoms in total. The zero-order chi connectivity index (χ0) is 24.4. The Balaban J connectivity index is 1.27. The summed E-state index contributed by atoms with van der Waals surface area (Å²) < 4.78 is 5.76. The van der Waals surface area contributed by atoms with Gasteiger partial charge in [-0.05, 0) is 47.9 Å². The van der Waals surface area contributed by atoms with Crippen molar-refractivity contribution in [3.05, 3.63) is 59.7 Å². The van der Waals surface area contributed by atoms with Crippen molar-refractivity contribution in [1.29, 1.82) is 0 Å². The van der Waals surface area contributed by atoms with Gasteiger partial charge >= 0.3 is 12.1 Å². The summed E-state index contributed by atoms with van der Waals surface area (Å²) in [6.45, 7) is 0.675. The minimum Gasteiger partial charge on any atom is -0.480 e. The maximum Gasteiger partial charge on any atom is 0.407 e. The average Bonchev–Trinajstić information content (AvgIpc) is 3.47. The lowest BCUT2D eigenvalue weighted by atomic mass is 9.79. The van der Waals surface area contributed by atoms with E-state index in [-0.39, 0.29) is 24.9 Å². The zero-order valence-electron chi connectivity index (χ0n) is 19.9. The van der Waals surface area contributed by atoms with Crippen molar-refractivity contribution in [3.8, 4) is 11.1 Å². The first-order valence-electron chi connectivity index (χ1n) is 12.6. The summed E-state index contributed by atoms with van der Waals surface area (Å²) in [6.07, 6.45) is 5.04. The van der Waals surface area contributed by atoms with E-state index in [1.807, 2.05) is 24.3 Å². The van der Waals surface area contributed by atoms with Crippen molar-refractivity contribution < 1.29 is 24.2 Å². The monoisotopic (exact) mass is 476 g/mol. The molecule has 2 fully saturated rings. The number of ether oxygens (including phenoxy) is 1. The molecule has 5 rings (SSSR count). The van der Waals surface area contributed by atoms with Gasteiger partial charge in [-0.2, -0.15) is 0 Å². The fourth-order valence-electron chi connectivity index (χ4n) is 6.14. The lowest BCUT2D eigenvalue weighted by Crippen LogP contribution is -2.54. The quantitative estimate of drug-likeness (QED) is 0.630. The van der Waals surface area contributed by atoms with Crippen molar-refractivity contribution >= 4 is 18.0 Å². The fraction of sp³-hybridized carbons (Fsp3) is 0.464. The summed E-state index contributed by atoms with van der Waals surface area (Å²) in [5.74, 6) is -1.19. The van der Waals surface area contributed by atoms with E-state index in [9.17, 15) is 19.5 Å². The molecular weight excluding hydrogens is 444 g/mol. The number of fused-ring (bicyclic) bond motifs is 3. The molecule has 0 unspecified atom stereocenters. The molecule has 2 N–H and O–H groups in total. The molecule has 1 saturated heterocycles. The van der Waals surface area contributed by atoms with E-state index in [0.29, 0.717) is 32.2 Å². The molecule has 0 spiro atoms. The van der Waals surface area contributed by atoms with Crippen molar-refractivity contribution in [2.45, 2.75) is 68.9 Å². The molecule has 2 aromatic carbocycles. The number of alkyl carbamates (subject to hydrolysis) is 1. The maximum atomic E-state index is 13.1. The molecule has 2 aliphatic carbocycles. The highest BCUT2D eigenvalue weighted by Crippen LogP contribution is 2.44. The molecule has 0 radical (unpaired) electrons. The number of hydrogen-bond acceptors (Lipinski definition) is 4. The van der Waals surface area contributed by atoms with Crippen LogP contribution in [0.15, 0.2) is 48.5 Å². The molecular formula is C28H32N2O5. The zero-order valence-corrected chi connectivity index (χ0v) is 19.9. The van der Waals surface area contributed by atoms with E-state index in [4.69, 9.17) is 4.74 Å². The molecule has 2 aromatic rings. The second kappa shape index (κ2) is 9.72. The average molecular weight is 477 g/mol. The number of amides is 2. The van der Waals surface area contributed by atoms with Gasteiger partial charge in [-0.1, -0.05) is 67.8 Å². The van der Waals surface area contributed by atoms with Crippen LogP contribution < -0.4 is 5.32 Å². The summed E-state index contributed by atoms with van der Waals surface area (Å²) >= 11 is 0. The summed E-state index contributed by atoms with van der Waals surface area (Å²) in [5, 5.41) is 12.5. The van der Waals surface area contributed by atoms with E-state index in [0.717, 1.165) is 30.4 Å². The minimum absolute atomic E-state index is 0.0296. The number of carbonyl (C=O) groups is 3. The predicted octanol–water partition coefficient (Wildman–Crippen LogP) is 4.69. The van der Waals surface area contributed by atoms with Crippen LogP contribution in [-0.4, -0.2) is 52.7 Å². The van der Waals surface area contributed by atoms with E-state index in [1.54, 1.807) is 0 Å². The molecule has 35 heavy (non-hydrogen) atoms. The number of carboxylic acids is 1. The first-order valence-corrected chi connectivity index (χ1v) is 12.6. The number of carboxylic acid groups (broad SMARTS) is 1. The van der Waals surface area contributed by atoms with Crippen LogP contribution in [0.3, 0.4) is 0 Å². The third-order valence-corrected chi connectivity index (χ3v) is 7.87. The first-order chi connectivity index (χ1) is 17.0. The summed E-state index contributed by atoms with van der Waals surface area (Å²) in [6, 6.07) is 15.6. The Labute approximate surface area is 205 Å². The Kier molecular flexibility index (Phi) is 6.50. The number of benzene rings is 2. The van der Waals surface area contributed by atoms with Gasteiger partial charge in [0.2, 0.25) is 5.91 Å². The van der Waals surface area contributed by atoms with Crippen LogP contribution in [-0.2, 0) is 14.3 Å². The molecule has 184 valence electrons. The van der Waals surface area contributed by atoms with Crippen LogP contribution in [0.2, 0.25) is 0 Å². The highest BCUT2D eigenvalue weighted by atomic mass is 16.5. The summed E-state index contributed by atoms with van der Waals surface area (Å²) in [7, 11) is 0. The second-order valence-corrected chi connectivity index (χ2v) is 10.1. The molecule has 2 amide bonds. The molecule has 1 heterocycles. The number of likely N-dealkylation sites (tertiary alicyclic amines) is 1. The van der Waals surface area contributed by atoms with Gasteiger partial charge in [-0.3, -0.25) is 4.79 Å². The Bertz CT molecular complexity index is 1080. The molecule has 0 bridgehead atoms. The van der Waals surface area contributed by atoms with Crippen LogP contribution in [0, 0.1) is 0 Å². The van der Waals surface area contributed by atoms with Crippen molar-refractivity contribution in [2.75, 3.05) is 13.2 Å². The van der Waals surface area contributed by atoms with Gasteiger partial charge in [-0.25, -0.2) is 9.59 Å². The van der Waals surface area contributed by atoms with Gasteiger partial charge in [0.15, 0.2) is 0 Å². The number of aliphatic carboxylic acids is 1. The van der Waals surface area contributed by atoms with Crippen molar-refractivity contribution in [3.63, 3.8) is 0 Å². The van der Waals surface area contributed by atoms with Gasteiger partial charge in [0.05, 0.1) is 12.0 Å². The summed E-state index contributed by atoms with van der Waals surface area (Å²) in [4.78, 5) is 39.2. The Morgan fingerprint density at radius 3 is 2.20 bits per heavy atom. The highest BCUT2D eigenvalue weighted by Gasteiger charge is 2.41. The topological polar surface area (TPSA) is 95.9 Å². The van der Waals surface area contributed by atoms with Gasteiger partial charge < -0.3 is 20.1 Å². The Hall–Kier alpha value is -3.35. The van der Waals surface area contributed by atoms with Crippen molar-refractivity contribution in [2.24, 2.45) is 0 Å². The molecule has 1 atom stereocenters. The fourth-order valence-corrected chi connectivity index (χ4v) is 6.14. The minimum atomic E-state index is -0.960. The predicted molar refractivity (Wildman–Crippen MR) is 131 cm³/mol. The normalized spacial score (nSPS) is 20.7. The van der Waals surface area contributed by atoms with E-state index < -0.39 is 23.6 Å². The van der Waals surface area contributed by atoms with Gasteiger partial charge in [-0.15, -0.1) is 0 Å². The lowest BCUT2D eigenvalue weighted by molar-refractivity contribution is -0.149. The molecule has 7 heteroatoms. The van der Waals surface area contributed by atoms with E-state index in [1.165, 1.54) is 16.0 Å². The number of nitrogens with one attached hydrogen (secondary N) is 1. The van der Waals surface area contributed by atoms with E-state index >= 15 is 0 Å². The maximum absolute atomic E-state index is 13.1. The Morgan fingerprint density at radius 1 is 0.943 bits per heavy atom. The number of hydrogen-bond donors (Lipinski definition) is 2. The summed E-state index contributed by atoms with van der Waals surface area (Å²) in [5.41, 5.74) is 3.95. The molecule has 1 saturated carbocycles. The third kappa shape index (κ3) is 4.64. The van der Waals surface area contributed by atoms with Gasteiger partial charge in [0.25, 0.3) is 0 Å². The van der Waals surface area contributed by atoms with Gasteiger partial charge in [0, 0.05) is 12.5 Å². The Morgan fingerprint density at radius 2 is 1.57 bits per heavy atom. The standard InChI is InChI=1S/C28H32N2O5/c31-25(30-16-8-13-24(30)26(32)33)17-28(14-6-1-7-15-28)29-27(34)35-18-23-21-11-4-2-9-19(21)20-10-3-5-12-22(20)23/h2-5,9-12,23-24H,1,6-8,13-18H2,(H,29,34)(H,32,33)/t24-/m0/s1. The number of rotatable bonds is 6. The lowest BCUT2D eigenvalue weighted by Gasteiger charge is -2.38. The van der Waals surface area contributed by atoms with Crippen LogP contribution >= 0.6 is 0 Å². The third-order valence-electron chi connectivity index (χ3n) is 7.87. The first kappa shape index (κ1) is 23.4. The van der Waals surface area contributed by atoms with Gasteiger partial charge in [0.1, 0.15) is 12.6 Å². The largest absolute Gasteiger partial charge is 0.480 e. The number of carbonyl (C=O) groups excluding carboxylic acids is 2. The number of nitrogens with zero attached hydrogens (tertiary/aromatic N) is 1. The van der Waals surface area contributed by atoms with Crippen LogP contribution in [0.25, 0.3) is 11.1 Å². The van der Waals surface area contributed by atoms with Crippen LogP contribution in [0.4, 0.5) is 4.79 Å². The SMILES string of the molecule is O=C(NC1(CC(=O)N2CCC[C@H]2C(=O)O)CCCCC1)OCC1c2ccccc2-c2ccccc21. The van der Waals surface area contributed by atoms with Crippen molar-refractivity contribution in [1.82, 2.24) is 10.2 Å². The van der Waals surface area contributed by atoms with Crippen LogP contribution in [0.5, 0.6) is 0 Å².